The van der Waals surface area contributed by atoms with E-state index in [9.17, 15) is 4.79 Å². The highest BCUT2D eigenvalue weighted by atomic mass is 32.2. The standard InChI is InChI=1S/C24H24N6O2S2/c1-17-6-5-9-19(14-17)30-23(29-10-12-32-13-11-29)27-28-24(30)34-16-21(31)26-22-25-20(15-33-22)18-7-3-2-4-8-18/h2-9,14-15H,10-13,16H2,1H3,(H,25,26,31). The van der Waals surface area contributed by atoms with Gasteiger partial charge < -0.3 is 15.0 Å². The lowest BCUT2D eigenvalue weighted by Crippen LogP contribution is -2.37. The molecule has 0 bridgehead atoms. The van der Waals surface area contributed by atoms with Gasteiger partial charge in [-0.1, -0.05) is 54.2 Å². The topological polar surface area (TPSA) is 85.2 Å². The molecular weight excluding hydrogens is 468 g/mol. The summed E-state index contributed by atoms with van der Waals surface area (Å²) >= 11 is 2.77. The van der Waals surface area contributed by atoms with E-state index in [1.807, 2.05) is 52.4 Å². The Morgan fingerprint density at radius 2 is 1.94 bits per heavy atom. The van der Waals surface area contributed by atoms with E-state index >= 15 is 0 Å². The van der Waals surface area contributed by atoms with Crippen molar-refractivity contribution in [2.75, 3.05) is 42.3 Å². The fourth-order valence-corrected chi connectivity index (χ4v) is 5.16. The molecule has 1 aliphatic rings. The Hall–Kier alpha value is -3.21. The number of nitrogens with one attached hydrogen (secondary N) is 1. The van der Waals surface area contributed by atoms with Gasteiger partial charge >= 0.3 is 0 Å². The number of amides is 1. The van der Waals surface area contributed by atoms with Crippen LogP contribution in [0.5, 0.6) is 0 Å². The zero-order chi connectivity index (χ0) is 23.3. The summed E-state index contributed by atoms with van der Waals surface area (Å²) in [6.07, 6.45) is 0. The number of aryl methyl sites for hydroxylation is 1. The smallest absolute Gasteiger partial charge is 0.236 e. The summed E-state index contributed by atoms with van der Waals surface area (Å²) in [6, 6.07) is 18.1. The molecule has 5 rings (SSSR count). The molecule has 3 heterocycles. The van der Waals surface area contributed by atoms with Crippen LogP contribution < -0.4 is 10.2 Å². The molecule has 1 aliphatic heterocycles. The molecule has 0 unspecified atom stereocenters. The number of nitrogens with zero attached hydrogens (tertiary/aromatic N) is 5. The van der Waals surface area contributed by atoms with Crippen LogP contribution in [0.25, 0.3) is 16.9 Å². The van der Waals surface area contributed by atoms with Crippen LogP contribution in [-0.2, 0) is 9.53 Å². The SMILES string of the molecule is Cc1cccc(-n2c(SCC(=O)Nc3nc(-c4ccccc4)cs3)nnc2N2CCOCC2)c1. The Balaban J connectivity index is 1.31. The number of ether oxygens (including phenoxy) is 1. The van der Waals surface area contributed by atoms with Crippen LogP contribution in [-0.4, -0.2) is 57.7 Å². The van der Waals surface area contributed by atoms with Crippen molar-refractivity contribution in [2.24, 2.45) is 0 Å². The van der Waals surface area contributed by atoms with Crippen molar-refractivity contribution in [1.29, 1.82) is 0 Å². The maximum atomic E-state index is 12.7. The predicted molar refractivity (Wildman–Crippen MR) is 136 cm³/mol. The van der Waals surface area contributed by atoms with E-state index in [2.05, 4.69) is 44.5 Å². The molecule has 1 fully saturated rings. The number of carbonyl (C=O) groups excluding carboxylic acids is 1. The van der Waals surface area contributed by atoms with E-state index in [-0.39, 0.29) is 11.7 Å². The van der Waals surface area contributed by atoms with Gasteiger partial charge in [-0.15, -0.1) is 21.5 Å². The van der Waals surface area contributed by atoms with Crippen molar-refractivity contribution < 1.29 is 9.53 Å². The highest BCUT2D eigenvalue weighted by molar-refractivity contribution is 7.99. The Morgan fingerprint density at radius 3 is 2.74 bits per heavy atom. The minimum Gasteiger partial charge on any atom is -0.378 e. The molecule has 8 nitrogen and oxygen atoms in total. The third-order valence-electron chi connectivity index (χ3n) is 5.32. The summed E-state index contributed by atoms with van der Waals surface area (Å²) in [6.45, 7) is 4.88. The Kier molecular flexibility index (Phi) is 6.89. The Morgan fingerprint density at radius 1 is 1.12 bits per heavy atom. The lowest BCUT2D eigenvalue weighted by molar-refractivity contribution is -0.113. The number of hydrogen-bond donors (Lipinski definition) is 1. The first-order chi connectivity index (χ1) is 16.7. The average molecular weight is 493 g/mol. The number of hydrogen-bond acceptors (Lipinski definition) is 8. The minimum atomic E-state index is -0.134. The Labute approximate surface area is 206 Å². The average Bonchev–Trinajstić information content (AvgIpc) is 3.51. The first kappa shape index (κ1) is 22.6. The van der Waals surface area contributed by atoms with Crippen LogP contribution in [0.4, 0.5) is 11.1 Å². The number of morpholine rings is 1. The summed E-state index contributed by atoms with van der Waals surface area (Å²) in [5.41, 5.74) is 3.99. The van der Waals surface area contributed by atoms with Crippen molar-refractivity contribution in [3.63, 3.8) is 0 Å². The summed E-state index contributed by atoms with van der Waals surface area (Å²) in [7, 11) is 0. The molecule has 1 amide bonds. The highest BCUT2D eigenvalue weighted by Crippen LogP contribution is 2.28. The van der Waals surface area contributed by atoms with E-state index in [1.165, 1.54) is 23.1 Å². The van der Waals surface area contributed by atoms with Crippen LogP contribution >= 0.6 is 23.1 Å². The van der Waals surface area contributed by atoms with Gasteiger partial charge in [0.15, 0.2) is 10.3 Å². The third-order valence-corrected chi connectivity index (χ3v) is 7.01. The zero-order valence-corrected chi connectivity index (χ0v) is 20.3. The molecule has 2 aromatic heterocycles. The number of aromatic nitrogens is 4. The fraction of sp³-hybridized carbons (Fsp3) is 0.250. The number of rotatable bonds is 7. The molecule has 4 aromatic rings. The molecule has 1 saturated heterocycles. The van der Waals surface area contributed by atoms with Crippen molar-refractivity contribution in [3.8, 4) is 16.9 Å². The van der Waals surface area contributed by atoms with Gasteiger partial charge in [0.05, 0.1) is 30.3 Å². The molecule has 174 valence electrons. The van der Waals surface area contributed by atoms with Gasteiger partial charge in [-0.05, 0) is 24.6 Å². The zero-order valence-electron chi connectivity index (χ0n) is 18.7. The largest absolute Gasteiger partial charge is 0.378 e. The van der Waals surface area contributed by atoms with Crippen LogP contribution in [0.2, 0.25) is 0 Å². The van der Waals surface area contributed by atoms with E-state index in [1.54, 1.807) is 0 Å². The summed E-state index contributed by atoms with van der Waals surface area (Å²) in [5.74, 6) is 0.836. The maximum Gasteiger partial charge on any atom is 0.236 e. The monoisotopic (exact) mass is 492 g/mol. The molecule has 0 saturated carbocycles. The van der Waals surface area contributed by atoms with Crippen molar-refractivity contribution in [1.82, 2.24) is 19.7 Å². The van der Waals surface area contributed by atoms with Gasteiger partial charge in [0, 0.05) is 24.0 Å². The van der Waals surface area contributed by atoms with E-state index in [0.29, 0.717) is 23.5 Å². The molecule has 0 radical (unpaired) electrons. The van der Waals surface area contributed by atoms with Gasteiger partial charge in [0.1, 0.15) is 0 Å². The van der Waals surface area contributed by atoms with E-state index < -0.39 is 0 Å². The van der Waals surface area contributed by atoms with Crippen molar-refractivity contribution >= 4 is 40.1 Å². The molecule has 0 spiro atoms. The van der Waals surface area contributed by atoms with Crippen LogP contribution in [0, 0.1) is 6.92 Å². The van der Waals surface area contributed by atoms with Gasteiger partial charge in [-0.3, -0.25) is 9.36 Å². The predicted octanol–water partition coefficient (Wildman–Crippen LogP) is 4.27. The van der Waals surface area contributed by atoms with Gasteiger partial charge in [-0.25, -0.2) is 4.98 Å². The van der Waals surface area contributed by atoms with Crippen molar-refractivity contribution in [3.05, 3.63) is 65.5 Å². The molecular formula is C24H24N6O2S2. The molecule has 0 aliphatic carbocycles. The number of anilines is 2. The second kappa shape index (κ2) is 10.4. The summed E-state index contributed by atoms with van der Waals surface area (Å²) in [5, 5.41) is 15.0. The molecule has 34 heavy (non-hydrogen) atoms. The van der Waals surface area contributed by atoms with Gasteiger partial charge in [0.2, 0.25) is 11.9 Å². The molecule has 1 N–H and O–H groups in total. The van der Waals surface area contributed by atoms with Gasteiger partial charge in [-0.2, -0.15) is 0 Å². The van der Waals surface area contributed by atoms with Gasteiger partial charge in [0.25, 0.3) is 0 Å². The second-order valence-corrected chi connectivity index (χ2v) is 9.60. The van der Waals surface area contributed by atoms with Crippen LogP contribution in [0.15, 0.2) is 65.1 Å². The van der Waals surface area contributed by atoms with Crippen molar-refractivity contribution in [2.45, 2.75) is 12.1 Å². The number of thiazole rings is 1. The quantitative estimate of drug-likeness (QED) is 0.386. The second-order valence-electron chi connectivity index (χ2n) is 7.80. The number of thioether (sulfide) groups is 1. The third kappa shape index (κ3) is 5.14. The normalized spacial score (nSPS) is 13.7. The Bertz CT molecular complexity index is 1270. The van der Waals surface area contributed by atoms with Crippen LogP contribution in [0.1, 0.15) is 5.56 Å². The molecule has 0 atom stereocenters. The fourth-order valence-electron chi connectivity index (χ4n) is 3.67. The molecule has 10 heteroatoms. The highest BCUT2D eigenvalue weighted by Gasteiger charge is 2.22. The van der Waals surface area contributed by atoms with Crippen LogP contribution in [0.3, 0.4) is 0 Å². The summed E-state index contributed by atoms with van der Waals surface area (Å²) < 4.78 is 7.52. The summed E-state index contributed by atoms with van der Waals surface area (Å²) in [4.78, 5) is 19.4. The number of benzene rings is 2. The first-order valence-corrected chi connectivity index (χ1v) is 12.8. The lowest BCUT2D eigenvalue weighted by atomic mass is 10.2. The lowest BCUT2D eigenvalue weighted by Gasteiger charge is -2.28. The van der Waals surface area contributed by atoms with E-state index in [4.69, 9.17) is 4.74 Å². The minimum absolute atomic E-state index is 0.134. The molecule has 2 aromatic carbocycles. The first-order valence-electron chi connectivity index (χ1n) is 11.0. The van der Waals surface area contributed by atoms with E-state index in [0.717, 1.165) is 41.5 Å². The number of carbonyl (C=O) groups is 1. The maximum absolute atomic E-state index is 12.7.